The van der Waals surface area contributed by atoms with Gasteiger partial charge in [-0.25, -0.2) is 4.79 Å². The van der Waals surface area contributed by atoms with Crippen LogP contribution in [-0.2, 0) is 16.7 Å². The molecule has 1 aromatic carbocycles. The van der Waals surface area contributed by atoms with Crippen LogP contribution in [0.1, 0.15) is 50.2 Å². The van der Waals surface area contributed by atoms with E-state index in [9.17, 15) is 4.79 Å². The first-order valence-electron chi connectivity index (χ1n) is 8.82. The van der Waals surface area contributed by atoms with Crippen LogP contribution in [0.2, 0.25) is 0 Å². The first-order chi connectivity index (χ1) is 11.6. The van der Waals surface area contributed by atoms with Crippen LogP contribution < -0.4 is 9.47 Å². The van der Waals surface area contributed by atoms with Crippen molar-refractivity contribution >= 4 is 6.09 Å². The maximum Gasteiger partial charge on any atom is 0.411 e. The number of amides is 1. The zero-order chi connectivity index (χ0) is 16.9. The molecule has 0 N–H and O–H groups in total. The number of hydrogen-bond donors (Lipinski definition) is 0. The molecule has 1 aliphatic carbocycles. The first kappa shape index (κ1) is 15.6. The standard InChI is InChI=1S/C19H25NO4/c1-18-14-12-16(23-3)15(22-2)11-13(14)7-10-20(18)17(21)24-19(18)8-5-4-6-9-19/h11-12H,4-10H2,1-3H3/t18-/m0/s1. The minimum absolute atomic E-state index is 0.167. The molecule has 1 spiro atoms. The molecule has 1 saturated heterocycles. The van der Waals surface area contributed by atoms with Gasteiger partial charge in [-0.15, -0.1) is 0 Å². The fourth-order valence-electron chi connectivity index (χ4n) is 4.98. The smallest absolute Gasteiger partial charge is 0.411 e. The van der Waals surface area contributed by atoms with E-state index in [1.54, 1.807) is 14.2 Å². The van der Waals surface area contributed by atoms with Crippen LogP contribution >= 0.6 is 0 Å². The van der Waals surface area contributed by atoms with Crippen LogP contribution in [0.5, 0.6) is 11.5 Å². The Morgan fingerprint density at radius 1 is 1.08 bits per heavy atom. The summed E-state index contributed by atoms with van der Waals surface area (Å²) < 4.78 is 17.0. The van der Waals surface area contributed by atoms with Crippen LogP contribution in [0.3, 0.4) is 0 Å². The van der Waals surface area contributed by atoms with Crippen molar-refractivity contribution in [3.05, 3.63) is 23.3 Å². The molecule has 1 aromatic rings. The molecule has 2 fully saturated rings. The van der Waals surface area contributed by atoms with E-state index in [4.69, 9.17) is 14.2 Å². The number of methoxy groups -OCH3 is 2. The fourth-order valence-corrected chi connectivity index (χ4v) is 4.98. The molecule has 1 amide bonds. The number of ether oxygens (including phenoxy) is 3. The van der Waals surface area contributed by atoms with E-state index in [0.29, 0.717) is 12.3 Å². The minimum atomic E-state index is -0.433. The zero-order valence-electron chi connectivity index (χ0n) is 14.7. The van der Waals surface area contributed by atoms with Crippen LogP contribution in [-0.4, -0.2) is 37.4 Å². The molecule has 1 atom stereocenters. The average Bonchev–Trinajstić information content (AvgIpc) is 2.81. The Morgan fingerprint density at radius 3 is 2.42 bits per heavy atom. The second-order valence-corrected chi connectivity index (χ2v) is 7.26. The second kappa shape index (κ2) is 5.30. The molecule has 5 heteroatoms. The second-order valence-electron chi connectivity index (χ2n) is 7.26. The van der Waals surface area contributed by atoms with E-state index in [0.717, 1.165) is 43.4 Å². The summed E-state index contributed by atoms with van der Waals surface area (Å²) in [6, 6.07) is 4.12. The highest BCUT2D eigenvalue weighted by atomic mass is 16.6. The van der Waals surface area contributed by atoms with Gasteiger partial charge in [0.05, 0.1) is 14.2 Å². The number of carbonyl (C=O) groups is 1. The number of rotatable bonds is 2. The number of hydrogen-bond acceptors (Lipinski definition) is 4. The van der Waals surface area contributed by atoms with Crippen molar-refractivity contribution in [3.8, 4) is 11.5 Å². The Labute approximate surface area is 142 Å². The third-order valence-corrected chi connectivity index (χ3v) is 6.33. The zero-order valence-corrected chi connectivity index (χ0v) is 14.7. The largest absolute Gasteiger partial charge is 0.493 e. The van der Waals surface area contributed by atoms with E-state index < -0.39 is 11.1 Å². The lowest BCUT2D eigenvalue weighted by Crippen LogP contribution is -2.57. The number of nitrogens with zero attached hydrogens (tertiary/aromatic N) is 1. The van der Waals surface area contributed by atoms with Crippen LogP contribution in [0, 0.1) is 0 Å². The summed E-state index contributed by atoms with van der Waals surface area (Å²) in [5.41, 5.74) is 1.53. The van der Waals surface area contributed by atoms with Crippen LogP contribution in [0.4, 0.5) is 4.79 Å². The molecule has 0 radical (unpaired) electrons. The molecule has 0 aromatic heterocycles. The Bertz CT molecular complexity index is 680. The van der Waals surface area contributed by atoms with Crippen molar-refractivity contribution in [2.45, 2.75) is 56.6 Å². The van der Waals surface area contributed by atoms with Gasteiger partial charge in [0, 0.05) is 6.54 Å². The van der Waals surface area contributed by atoms with Crippen molar-refractivity contribution in [2.75, 3.05) is 20.8 Å². The molecule has 5 nitrogen and oxygen atoms in total. The third kappa shape index (κ3) is 1.84. The maximum atomic E-state index is 12.6. The molecular formula is C19H25NO4. The van der Waals surface area contributed by atoms with Crippen molar-refractivity contribution in [2.24, 2.45) is 0 Å². The number of carbonyl (C=O) groups excluding carboxylic acids is 1. The summed E-state index contributed by atoms with van der Waals surface area (Å²) in [5, 5.41) is 0. The van der Waals surface area contributed by atoms with E-state index in [1.165, 1.54) is 12.0 Å². The molecule has 1 saturated carbocycles. The van der Waals surface area contributed by atoms with E-state index in [1.807, 2.05) is 4.90 Å². The van der Waals surface area contributed by atoms with Crippen LogP contribution in [0.25, 0.3) is 0 Å². The lowest BCUT2D eigenvalue weighted by molar-refractivity contribution is -0.0437. The third-order valence-electron chi connectivity index (χ3n) is 6.33. The van der Waals surface area contributed by atoms with Gasteiger partial charge in [-0.05, 0) is 62.3 Å². The summed E-state index contributed by atoms with van der Waals surface area (Å²) in [5.74, 6) is 1.46. The van der Waals surface area contributed by atoms with Gasteiger partial charge >= 0.3 is 6.09 Å². The average molecular weight is 331 g/mol. The first-order valence-corrected chi connectivity index (χ1v) is 8.82. The molecule has 0 unspecified atom stereocenters. The summed E-state index contributed by atoms with van der Waals surface area (Å²) in [7, 11) is 3.31. The highest BCUT2D eigenvalue weighted by Crippen LogP contribution is 2.56. The summed E-state index contributed by atoms with van der Waals surface area (Å²) in [4.78, 5) is 14.6. The lowest BCUT2D eigenvalue weighted by atomic mass is 9.65. The summed E-state index contributed by atoms with van der Waals surface area (Å²) in [6.07, 6.45) is 5.95. The van der Waals surface area contributed by atoms with Crippen molar-refractivity contribution in [3.63, 3.8) is 0 Å². The van der Waals surface area contributed by atoms with Crippen molar-refractivity contribution in [1.82, 2.24) is 4.90 Å². The molecule has 2 heterocycles. The Balaban J connectivity index is 1.91. The van der Waals surface area contributed by atoms with Crippen LogP contribution in [0.15, 0.2) is 12.1 Å². The number of fused-ring (bicyclic) bond motifs is 4. The Morgan fingerprint density at radius 2 is 1.75 bits per heavy atom. The van der Waals surface area contributed by atoms with Gasteiger partial charge in [0.1, 0.15) is 11.1 Å². The fraction of sp³-hybridized carbons (Fsp3) is 0.632. The Kier molecular flexibility index (Phi) is 3.44. The van der Waals surface area contributed by atoms with E-state index in [-0.39, 0.29) is 6.09 Å². The monoisotopic (exact) mass is 331 g/mol. The van der Waals surface area contributed by atoms with Crippen molar-refractivity contribution < 1.29 is 19.0 Å². The Hall–Kier alpha value is -1.91. The number of benzene rings is 1. The molecule has 0 bridgehead atoms. The van der Waals surface area contributed by atoms with Crippen molar-refractivity contribution in [1.29, 1.82) is 0 Å². The van der Waals surface area contributed by atoms with Gasteiger partial charge in [0.25, 0.3) is 0 Å². The van der Waals surface area contributed by atoms with E-state index in [2.05, 4.69) is 19.1 Å². The molecule has 4 rings (SSSR count). The molecule has 3 aliphatic rings. The lowest BCUT2D eigenvalue weighted by Gasteiger charge is -2.49. The van der Waals surface area contributed by atoms with Gasteiger partial charge in [-0.3, -0.25) is 4.90 Å². The van der Waals surface area contributed by atoms with Gasteiger partial charge in [0.15, 0.2) is 11.5 Å². The van der Waals surface area contributed by atoms with E-state index >= 15 is 0 Å². The minimum Gasteiger partial charge on any atom is -0.493 e. The highest BCUT2D eigenvalue weighted by Gasteiger charge is 2.64. The van der Waals surface area contributed by atoms with Gasteiger partial charge < -0.3 is 14.2 Å². The van der Waals surface area contributed by atoms with Gasteiger partial charge in [-0.2, -0.15) is 0 Å². The summed E-state index contributed by atoms with van der Waals surface area (Å²) in [6.45, 7) is 2.87. The quantitative estimate of drug-likeness (QED) is 0.830. The molecular weight excluding hydrogens is 306 g/mol. The topological polar surface area (TPSA) is 48.0 Å². The van der Waals surface area contributed by atoms with Gasteiger partial charge in [0.2, 0.25) is 0 Å². The molecule has 130 valence electrons. The highest BCUT2D eigenvalue weighted by molar-refractivity contribution is 5.75. The molecule has 2 aliphatic heterocycles. The van der Waals surface area contributed by atoms with Gasteiger partial charge in [-0.1, -0.05) is 6.42 Å². The molecule has 24 heavy (non-hydrogen) atoms. The summed E-state index contributed by atoms with van der Waals surface area (Å²) >= 11 is 0. The predicted octanol–water partition coefficient (Wildman–Crippen LogP) is 3.63. The normalized spacial score (nSPS) is 27.5. The SMILES string of the molecule is COc1cc2c(cc1OC)[C@]1(C)N(CC2)C(=O)OC12CCCCC2. The maximum absolute atomic E-state index is 12.6. The predicted molar refractivity (Wildman–Crippen MR) is 89.6 cm³/mol.